The van der Waals surface area contributed by atoms with Crippen LogP contribution in [0.2, 0.25) is 0 Å². The van der Waals surface area contributed by atoms with Crippen LogP contribution >= 0.6 is 0 Å². The summed E-state index contributed by atoms with van der Waals surface area (Å²) in [5.41, 5.74) is 1.69. The van der Waals surface area contributed by atoms with Crippen molar-refractivity contribution in [1.82, 2.24) is 15.4 Å². The largest absolute Gasteiger partial charge is 0.361 e. The van der Waals surface area contributed by atoms with Crippen molar-refractivity contribution in [2.75, 3.05) is 7.05 Å². The molecule has 2 amide bonds. The molecule has 1 fully saturated rings. The Kier molecular flexibility index (Phi) is 6.19. The zero-order chi connectivity index (χ0) is 16.8. The number of amides is 2. The third kappa shape index (κ3) is 4.81. The second kappa shape index (κ2) is 8.13. The van der Waals surface area contributed by atoms with Crippen molar-refractivity contribution in [1.29, 1.82) is 0 Å². The van der Waals surface area contributed by atoms with Gasteiger partial charge in [-0.05, 0) is 26.7 Å². The van der Waals surface area contributed by atoms with Crippen LogP contribution in [0.3, 0.4) is 0 Å². The van der Waals surface area contributed by atoms with Gasteiger partial charge in [0.05, 0.1) is 5.69 Å². The van der Waals surface area contributed by atoms with Crippen molar-refractivity contribution in [2.45, 2.75) is 71.4 Å². The summed E-state index contributed by atoms with van der Waals surface area (Å²) in [6.45, 7) is 4.07. The Morgan fingerprint density at radius 3 is 2.52 bits per heavy atom. The van der Waals surface area contributed by atoms with E-state index in [1.165, 1.54) is 19.3 Å². The molecule has 1 aromatic heterocycles. The van der Waals surface area contributed by atoms with Gasteiger partial charge in [-0.1, -0.05) is 24.4 Å². The van der Waals surface area contributed by atoms with Gasteiger partial charge in [-0.2, -0.15) is 0 Å². The van der Waals surface area contributed by atoms with E-state index in [1.54, 1.807) is 0 Å². The van der Waals surface area contributed by atoms with Crippen LogP contribution in [0.1, 0.15) is 62.0 Å². The van der Waals surface area contributed by atoms with E-state index in [2.05, 4.69) is 10.5 Å². The van der Waals surface area contributed by atoms with E-state index in [4.69, 9.17) is 4.52 Å². The first-order valence-electron chi connectivity index (χ1n) is 8.43. The first-order valence-corrected chi connectivity index (χ1v) is 8.43. The van der Waals surface area contributed by atoms with E-state index in [1.807, 2.05) is 25.8 Å². The normalized spacial score (nSPS) is 15.4. The molecule has 0 radical (unpaired) electrons. The van der Waals surface area contributed by atoms with Crippen LogP contribution in [-0.4, -0.2) is 35.0 Å². The average Bonchev–Trinajstić information content (AvgIpc) is 2.89. The first-order chi connectivity index (χ1) is 11.0. The maximum absolute atomic E-state index is 12.2. The molecule has 0 atom stereocenters. The number of carbonyl (C=O) groups is 2. The van der Waals surface area contributed by atoms with Crippen molar-refractivity contribution < 1.29 is 14.1 Å². The Labute approximate surface area is 137 Å². The van der Waals surface area contributed by atoms with Gasteiger partial charge < -0.3 is 14.7 Å². The second-order valence-electron chi connectivity index (χ2n) is 6.38. The van der Waals surface area contributed by atoms with E-state index in [0.717, 1.165) is 29.9 Å². The SMILES string of the molecule is Cc1noc(C)c1CNC(=O)CCC(=O)N(C)C1CCCCC1. The Balaban J connectivity index is 1.72. The maximum Gasteiger partial charge on any atom is 0.223 e. The average molecular weight is 321 g/mol. The van der Waals surface area contributed by atoms with Crippen LogP contribution in [0.5, 0.6) is 0 Å². The minimum Gasteiger partial charge on any atom is -0.361 e. The number of aryl methyl sites for hydroxylation is 2. The molecule has 23 heavy (non-hydrogen) atoms. The van der Waals surface area contributed by atoms with Gasteiger partial charge in [-0.25, -0.2) is 0 Å². The summed E-state index contributed by atoms with van der Waals surface area (Å²) < 4.78 is 5.06. The minimum absolute atomic E-state index is 0.0596. The number of rotatable bonds is 6. The van der Waals surface area contributed by atoms with Gasteiger partial charge in [-0.3, -0.25) is 9.59 Å². The minimum atomic E-state index is -0.115. The van der Waals surface area contributed by atoms with Gasteiger partial charge in [0.2, 0.25) is 11.8 Å². The summed E-state index contributed by atoms with van der Waals surface area (Å²) in [4.78, 5) is 26.0. The summed E-state index contributed by atoms with van der Waals surface area (Å²) in [6, 6.07) is 0.349. The second-order valence-corrected chi connectivity index (χ2v) is 6.38. The lowest BCUT2D eigenvalue weighted by atomic mass is 9.94. The number of carbonyl (C=O) groups excluding carboxylic acids is 2. The highest BCUT2D eigenvalue weighted by Crippen LogP contribution is 2.22. The predicted molar refractivity (Wildman–Crippen MR) is 86.7 cm³/mol. The number of nitrogens with zero attached hydrogens (tertiary/aromatic N) is 2. The number of aromatic nitrogens is 1. The lowest BCUT2D eigenvalue weighted by Gasteiger charge is -2.31. The Morgan fingerprint density at radius 1 is 1.22 bits per heavy atom. The smallest absolute Gasteiger partial charge is 0.223 e. The fraction of sp³-hybridized carbons (Fsp3) is 0.706. The Morgan fingerprint density at radius 2 is 1.91 bits per heavy atom. The first kappa shape index (κ1) is 17.5. The van der Waals surface area contributed by atoms with E-state index >= 15 is 0 Å². The van der Waals surface area contributed by atoms with Crippen molar-refractivity contribution in [2.24, 2.45) is 0 Å². The van der Waals surface area contributed by atoms with Crippen LogP contribution in [0.15, 0.2) is 4.52 Å². The maximum atomic E-state index is 12.2. The van der Waals surface area contributed by atoms with Gasteiger partial charge >= 0.3 is 0 Å². The van der Waals surface area contributed by atoms with Gasteiger partial charge in [0.15, 0.2) is 0 Å². The summed E-state index contributed by atoms with van der Waals surface area (Å²) in [7, 11) is 1.86. The zero-order valence-electron chi connectivity index (χ0n) is 14.4. The molecular weight excluding hydrogens is 294 g/mol. The molecule has 1 saturated carbocycles. The third-order valence-electron chi connectivity index (χ3n) is 4.73. The molecule has 1 N–H and O–H groups in total. The van der Waals surface area contributed by atoms with Crippen LogP contribution in [0.4, 0.5) is 0 Å². The predicted octanol–water partition coefficient (Wildman–Crippen LogP) is 2.48. The number of hydrogen-bond acceptors (Lipinski definition) is 4. The Bertz CT molecular complexity index is 528. The molecule has 6 nitrogen and oxygen atoms in total. The molecule has 0 spiro atoms. The molecule has 1 heterocycles. The molecular formula is C17H27N3O3. The van der Waals surface area contributed by atoms with Gasteiger partial charge in [-0.15, -0.1) is 0 Å². The van der Waals surface area contributed by atoms with E-state index < -0.39 is 0 Å². The molecule has 128 valence electrons. The van der Waals surface area contributed by atoms with E-state index in [9.17, 15) is 9.59 Å². The van der Waals surface area contributed by atoms with Crippen LogP contribution in [0.25, 0.3) is 0 Å². The van der Waals surface area contributed by atoms with Crippen LogP contribution in [-0.2, 0) is 16.1 Å². The lowest BCUT2D eigenvalue weighted by Crippen LogP contribution is -2.38. The van der Waals surface area contributed by atoms with E-state index in [0.29, 0.717) is 12.6 Å². The Hall–Kier alpha value is -1.85. The summed E-state index contributed by atoms with van der Waals surface area (Å²) in [5, 5.41) is 6.69. The van der Waals surface area contributed by atoms with Crippen LogP contribution in [0, 0.1) is 13.8 Å². The third-order valence-corrected chi connectivity index (χ3v) is 4.73. The topological polar surface area (TPSA) is 75.4 Å². The molecule has 1 aliphatic carbocycles. The summed E-state index contributed by atoms with van der Waals surface area (Å²) in [6.07, 6.45) is 6.31. The van der Waals surface area contributed by atoms with E-state index in [-0.39, 0.29) is 24.7 Å². The van der Waals surface area contributed by atoms with Gasteiger partial charge in [0.25, 0.3) is 0 Å². The molecule has 1 aliphatic rings. The summed E-state index contributed by atoms with van der Waals surface area (Å²) in [5.74, 6) is 0.663. The fourth-order valence-corrected chi connectivity index (χ4v) is 3.10. The molecule has 0 unspecified atom stereocenters. The molecule has 0 bridgehead atoms. The van der Waals surface area contributed by atoms with Crippen molar-refractivity contribution in [3.05, 3.63) is 17.0 Å². The van der Waals surface area contributed by atoms with Crippen molar-refractivity contribution >= 4 is 11.8 Å². The highest BCUT2D eigenvalue weighted by molar-refractivity contribution is 5.83. The van der Waals surface area contributed by atoms with Gasteiger partial charge in [0, 0.05) is 38.0 Å². The molecule has 0 aliphatic heterocycles. The molecule has 6 heteroatoms. The van der Waals surface area contributed by atoms with Crippen molar-refractivity contribution in [3.8, 4) is 0 Å². The molecule has 2 rings (SSSR count). The highest BCUT2D eigenvalue weighted by atomic mass is 16.5. The molecule has 0 aromatic carbocycles. The van der Waals surface area contributed by atoms with Crippen molar-refractivity contribution in [3.63, 3.8) is 0 Å². The summed E-state index contributed by atoms with van der Waals surface area (Å²) >= 11 is 0. The fourth-order valence-electron chi connectivity index (χ4n) is 3.10. The molecule has 1 aromatic rings. The molecule has 0 saturated heterocycles. The lowest BCUT2D eigenvalue weighted by molar-refractivity contribution is -0.134. The van der Waals surface area contributed by atoms with Crippen LogP contribution < -0.4 is 5.32 Å². The highest BCUT2D eigenvalue weighted by Gasteiger charge is 2.22. The number of hydrogen-bond donors (Lipinski definition) is 1. The quantitative estimate of drug-likeness (QED) is 0.873. The van der Waals surface area contributed by atoms with Gasteiger partial charge in [0.1, 0.15) is 5.76 Å². The number of nitrogens with one attached hydrogen (secondary N) is 1. The standard InChI is InChI=1S/C17H27N3O3/c1-12-15(13(2)23-19-12)11-18-16(21)9-10-17(22)20(3)14-7-5-4-6-8-14/h14H,4-11H2,1-3H3,(H,18,21). The zero-order valence-corrected chi connectivity index (χ0v) is 14.4. The monoisotopic (exact) mass is 321 g/mol.